The Balaban J connectivity index is 2.37. The highest BCUT2D eigenvalue weighted by Crippen LogP contribution is 1.98. The molecule has 1 N–H and O–H groups in total. The summed E-state index contributed by atoms with van der Waals surface area (Å²) in [5, 5.41) is 2.72. The minimum absolute atomic E-state index is 0.0129. The summed E-state index contributed by atoms with van der Waals surface area (Å²) in [5.74, 6) is 5.52. The molecule has 0 aliphatic rings. The average Bonchev–Trinajstić information content (AvgIpc) is 2.20. The second-order valence-electron chi connectivity index (χ2n) is 2.87. The van der Waals surface area contributed by atoms with E-state index in [0.29, 0.717) is 13.0 Å². The van der Waals surface area contributed by atoms with Crippen LogP contribution in [0.3, 0.4) is 0 Å². The topological polar surface area (TPSA) is 29.1 Å². The Morgan fingerprint density at radius 1 is 1.36 bits per heavy atom. The summed E-state index contributed by atoms with van der Waals surface area (Å²) < 4.78 is 0. The maximum Gasteiger partial charge on any atom is 0.225 e. The molecule has 72 valence electrons. The lowest BCUT2D eigenvalue weighted by atomic mass is 10.1. The van der Waals surface area contributed by atoms with Crippen molar-refractivity contribution >= 4 is 5.91 Å². The van der Waals surface area contributed by atoms with E-state index in [4.69, 9.17) is 0 Å². The van der Waals surface area contributed by atoms with Gasteiger partial charge in [0.25, 0.3) is 0 Å². The molecule has 0 radical (unpaired) electrons. The maximum atomic E-state index is 11.3. The van der Waals surface area contributed by atoms with Crippen LogP contribution in [0.15, 0.2) is 30.3 Å². The van der Waals surface area contributed by atoms with Crippen molar-refractivity contribution in [3.05, 3.63) is 35.9 Å². The highest BCUT2D eigenvalue weighted by molar-refractivity contribution is 5.78. The zero-order valence-electron chi connectivity index (χ0n) is 8.21. The van der Waals surface area contributed by atoms with Gasteiger partial charge in [-0.05, 0) is 12.5 Å². The van der Waals surface area contributed by atoms with Crippen LogP contribution in [0.4, 0.5) is 0 Å². The molecule has 0 heterocycles. The molecule has 1 amide bonds. The van der Waals surface area contributed by atoms with E-state index in [1.165, 1.54) is 0 Å². The van der Waals surface area contributed by atoms with Gasteiger partial charge in [-0.1, -0.05) is 36.3 Å². The zero-order valence-corrected chi connectivity index (χ0v) is 8.21. The Labute approximate surface area is 84.3 Å². The van der Waals surface area contributed by atoms with E-state index in [9.17, 15) is 4.79 Å². The Kier molecular flexibility index (Phi) is 4.30. The summed E-state index contributed by atoms with van der Waals surface area (Å²) in [6.07, 6.45) is 0.423. The number of hydrogen-bond acceptors (Lipinski definition) is 1. The Bertz CT molecular complexity index is 346. The minimum atomic E-state index is 0.0129. The fraction of sp³-hybridized carbons (Fsp3) is 0.250. The fourth-order valence-electron chi connectivity index (χ4n) is 1.07. The molecule has 1 aromatic rings. The van der Waals surface area contributed by atoms with E-state index in [2.05, 4.69) is 17.2 Å². The highest BCUT2D eigenvalue weighted by atomic mass is 16.1. The smallest absolute Gasteiger partial charge is 0.225 e. The van der Waals surface area contributed by atoms with Gasteiger partial charge in [0.2, 0.25) is 5.91 Å². The molecule has 2 heteroatoms. The van der Waals surface area contributed by atoms with Crippen LogP contribution >= 0.6 is 0 Å². The number of nitrogens with one attached hydrogen (secondary N) is 1. The first-order chi connectivity index (χ1) is 6.83. The summed E-state index contributed by atoms with van der Waals surface area (Å²) in [6.45, 7) is 2.19. The quantitative estimate of drug-likeness (QED) is 0.711. The van der Waals surface area contributed by atoms with Crippen molar-refractivity contribution in [3.63, 3.8) is 0 Å². The third kappa shape index (κ3) is 3.77. The van der Waals surface area contributed by atoms with Crippen molar-refractivity contribution in [1.82, 2.24) is 5.32 Å². The molecule has 2 nitrogen and oxygen atoms in total. The number of hydrogen-bond donors (Lipinski definition) is 1. The SMILES string of the molecule is CC#CCNC(=O)Cc1ccccc1. The van der Waals surface area contributed by atoms with Crippen LogP contribution in [0.25, 0.3) is 0 Å². The average molecular weight is 187 g/mol. The van der Waals surface area contributed by atoms with Gasteiger partial charge >= 0.3 is 0 Å². The molecular weight excluding hydrogens is 174 g/mol. The van der Waals surface area contributed by atoms with Gasteiger partial charge in [-0.15, -0.1) is 5.92 Å². The molecule has 1 aromatic carbocycles. The molecule has 0 unspecified atom stereocenters. The molecule has 0 fully saturated rings. The van der Waals surface area contributed by atoms with E-state index in [1.54, 1.807) is 6.92 Å². The molecule has 0 aliphatic heterocycles. The van der Waals surface area contributed by atoms with Crippen molar-refractivity contribution in [2.75, 3.05) is 6.54 Å². The van der Waals surface area contributed by atoms with Crippen molar-refractivity contribution in [3.8, 4) is 11.8 Å². The van der Waals surface area contributed by atoms with Crippen LogP contribution in [0, 0.1) is 11.8 Å². The van der Waals surface area contributed by atoms with Gasteiger partial charge in [0.15, 0.2) is 0 Å². The van der Waals surface area contributed by atoms with Gasteiger partial charge in [-0.25, -0.2) is 0 Å². The third-order valence-electron chi connectivity index (χ3n) is 1.76. The number of benzene rings is 1. The van der Waals surface area contributed by atoms with Crippen LogP contribution in [0.5, 0.6) is 0 Å². The van der Waals surface area contributed by atoms with E-state index >= 15 is 0 Å². The molecular formula is C12H13NO. The summed E-state index contributed by atoms with van der Waals surface area (Å²) >= 11 is 0. The number of carbonyl (C=O) groups excluding carboxylic acids is 1. The van der Waals surface area contributed by atoms with E-state index in [1.807, 2.05) is 30.3 Å². The van der Waals surface area contributed by atoms with Crippen LogP contribution in [0.2, 0.25) is 0 Å². The second-order valence-corrected chi connectivity index (χ2v) is 2.87. The van der Waals surface area contributed by atoms with Gasteiger partial charge in [0, 0.05) is 0 Å². The van der Waals surface area contributed by atoms with Crippen molar-refractivity contribution in [2.24, 2.45) is 0 Å². The van der Waals surface area contributed by atoms with Crippen LogP contribution < -0.4 is 5.32 Å². The van der Waals surface area contributed by atoms with Crippen molar-refractivity contribution in [1.29, 1.82) is 0 Å². The predicted octanol–water partition coefficient (Wildman–Crippen LogP) is 1.37. The van der Waals surface area contributed by atoms with Crippen molar-refractivity contribution < 1.29 is 4.79 Å². The highest BCUT2D eigenvalue weighted by Gasteiger charge is 1.99. The monoisotopic (exact) mass is 187 g/mol. The number of carbonyl (C=O) groups is 1. The standard InChI is InChI=1S/C12H13NO/c1-2-3-9-13-12(14)10-11-7-5-4-6-8-11/h4-8H,9-10H2,1H3,(H,13,14). The molecule has 0 aromatic heterocycles. The molecule has 0 atom stereocenters. The summed E-state index contributed by atoms with van der Waals surface area (Å²) in [6, 6.07) is 9.66. The lowest BCUT2D eigenvalue weighted by molar-refractivity contribution is -0.120. The summed E-state index contributed by atoms with van der Waals surface area (Å²) in [5.41, 5.74) is 1.02. The largest absolute Gasteiger partial charge is 0.345 e. The maximum absolute atomic E-state index is 11.3. The van der Waals surface area contributed by atoms with E-state index in [0.717, 1.165) is 5.56 Å². The van der Waals surface area contributed by atoms with E-state index in [-0.39, 0.29) is 5.91 Å². The van der Waals surface area contributed by atoms with Crippen LogP contribution in [0.1, 0.15) is 12.5 Å². The lowest BCUT2D eigenvalue weighted by Gasteiger charge is -2.00. The van der Waals surface area contributed by atoms with Crippen LogP contribution in [-0.2, 0) is 11.2 Å². The summed E-state index contributed by atoms with van der Waals surface area (Å²) in [4.78, 5) is 11.3. The molecule has 1 rings (SSSR count). The first-order valence-electron chi connectivity index (χ1n) is 4.53. The van der Waals surface area contributed by atoms with Gasteiger partial charge in [-0.3, -0.25) is 4.79 Å². The Hall–Kier alpha value is -1.75. The van der Waals surface area contributed by atoms with E-state index < -0.39 is 0 Å². The molecule has 14 heavy (non-hydrogen) atoms. The number of rotatable bonds is 3. The van der Waals surface area contributed by atoms with Crippen LogP contribution in [-0.4, -0.2) is 12.5 Å². The fourth-order valence-corrected chi connectivity index (χ4v) is 1.07. The van der Waals surface area contributed by atoms with Gasteiger partial charge < -0.3 is 5.32 Å². The molecule has 0 saturated carbocycles. The van der Waals surface area contributed by atoms with Gasteiger partial charge in [0.05, 0.1) is 13.0 Å². The first-order valence-corrected chi connectivity index (χ1v) is 4.53. The molecule has 0 saturated heterocycles. The summed E-state index contributed by atoms with van der Waals surface area (Å²) in [7, 11) is 0. The zero-order chi connectivity index (χ0) is 10.2. The minimum Gasteiger partial charge on any atom is -0.345 e. The predicted molar refractivity (Wildman–Crippen MR) is 56.6 cm³/mol. The Morgan fingerprint density at radius 2 is 2.07 bits per heavy atom. The van der Waals surface area contributed by atoms with Gasteiger partial charge in [-0.2, -0.15) is 0 Å². The number of amides is 1. The third-order valence-corrected chi connectivity index (χ3v) is 1.76. The molecule has 0 bridgehead atoms. The van der Waals surface area contributed by atoms with Gasteiger partial charge in [0.1, 0.15) is 0 Å². The molecule has 0 spiro atoms. The Morgan fingerprint density at radius 3 is 2.71 bits per heavy atom. The molecule has 0 aliphatic carbocycles. The lowest BCUT2D eigenvalue weighted by Crippen LogP contribution is -2.25. The second kappa shape index (κ2) is 5.82. The van der Waals surface area contributed by atoms with Crippen molar-refractivity contribution in [2.45, 2.75) is 13.3 Å². The first kappa shape index (κ1) is 10.3. The normalized spacial score (nSPS) is 8.64.